The predicted molar refractivity (Wildman–Crippen MR) is 74.5 cm³/mol. The van der Waals surface area contributed by atoms with E-state index in [4.69, 9.17) is 11.6 Å². The number of aldehydes is 1. The van der Waals surface area contributed by atoms with Gasteiger partial charge in [-0.25, -0.2) is 4.39 Å². The molecule has 4 nitrogen and oxygen atoms in total. The summed E-state index contributed by atoms with van der Waals surface area (Å²) in [6.45, 7) is 0.391. The van der Waals surface area contributed by atoms with Gasteiger partial charge in [0.05, 0.1) is 10.7 Å². The number of rotatable bonds is 5. The van der Waals surface area contributed by atoms with Gasteiger partial charge in [0.2, 0.25) is 5.91 Å². The molecule has 0 atom stereocenters. The molecule has 1 heterocycles. The van der Waals surface area contributed by atoms with E-state index in [2.05, 4.69) is 5.32 Å². The van der Waals surface area contributed by atoms with Crippen LogP contribution in [0.25, 0.3) is 0 Å². The van der Waals surface area contributed by atoms with Gasteiger partial charge in [0.25, 0.3) is 0 Å². The molecule has 0 saturated heterocycles. The van der Waals surface area contributed by atoms with Gasteiger partial charge in [0, 0.05) is 24.8 Å². The summed E-state index contributed by atoms with van der Waals surface area (Å²) < 4.78 is 14.7. The Morgan fingerprint density at radius 3 is 2.90 bits per heavy atom. The van der Waals surface area contributed by atoms with Gasteiger partial charge in [0.1, 0.15) is 5.82 Å². The Morgan fingerprint density at radius 1 is 1.40 bits per heavy atom. The summed E-state index contributed by atoms with van der Waals surface area (Å²) in [5.41, 5.74) is 0.951. The van der Waals surface area contributed by atoms with Crippen molar-refractivity contribution >= 4 is 29.5 Å². The third kappa shape index (κ3) is 3.45. The molecule has 104 valence electrons. The van der Waals surface area contributed by atoms with E-state index in [1.54, 1.807) is 22.9 Å². The lowest BCUT2D eigenvalue weighted by atomic mass is 10.3. The average Bonchev–Trinajstić information content (AvgIpc) is 2.88. The molecule has 2 aromatic rings. The molecular formula is C14H12ClFN2O2. The number of hydrogen-bond acceptors (Lipinski definition) is 2. The van der Waals surface area contributed by atoms with E-state index in [9.17, 15) is 14.0 Å². The summed E-state index contributed by atoms with van der Waals surface area (Å²) in [4.78, 5) is 22.5. The number of nitrogens with zero attached hydrogens (tertiary/aromatic N) is 1. The minimum Gasteiger partial charge on any atom is -0.345 e. The molecule has 1 aromatic heterocycles. The van der Waals surface area contributed by atoms with Crippen molar-refractivity contribution in [3.63, 3.8) is 0 Å². The van der Waals surface area contributed by atoms with Gasteiger partial charge in [0.15, 0.2) is 6.29 Å². The molecule has 0 aliphatic rings. The van der Waals surface area contributed by atoms with Gasteiger partial charge in [-0.05, 0) is 30.3 Å². The molecular weight excluding hydrogens is 283 g/mol. The van der Waals surface area contributed by atoms with E-state index in [-0.39, 0.29) is 17.4 Å². The number of anilines is 1. The van der Waals surface area contributed by atoms with Gasteiger partial charge in [-0.1, -0.05) is 11.6 Å². The van der Waals surface area contributed by atoms with Crippen molar-refractivity contribution in [2.45, 2.75) is 13.0 Å². The molecule has 0 spiro atoms. The second kappa shape index (κ2) is 6.34. The minimum atomic E-state index is -0.535. The highest BCUT2D eigenvalue weighted by Gasteiger charge is 2.06. The normalized spacial score (nSPS) is 10.3. The first-order chi connectivity index (χ1) is 9.60. The van der Waals surface area contributed by atoms with E-state index in [1.807, 2.05) is 0 Å². The predicted octanol–water partition coefficient (Wildman–Crippen LogP) is 3.12. The molecule has 0 fully saturated rings. The monoisotopic (exact) mass is 294 g/mol. The number of halogens is 2. The zero-order valence-corrected chi connectivity index (χ0v) is 11.2. The second-order valence-corrected chi connectivity index (χ2v) is 4.58. The molecule has 6 heteroatoms. The van der Waals surface area contributed by atoms with Crippen LogP contribution in [0.2, 0.25) is 5.02 Å². The molecule has 0 unspecified atom stereocenters. The average molecular weight is 295 g/mol. The third-order valence-corrected chi connectivity index (χ3v) is 3.06. The van der Waals surface area contributed by atoms with Gasteiger partial charge in [-0.2, -0.15) is 0 Å². The SMILES string of the molecule is O=Cc1cccn1CCC(=O)Nc1ccc(F)c(Cl)c1. The third-order valence-electron chi connectivity index (χ3n) is 2.77. The summed E-state index contributed by atoms with van der Waals surface area (Å²) in [7, 11) is 0. The lowest BCUT2D eigenvalue weighted by molar-refractivity contribution is -0.116. The molecule has 20 heavy (non-hydrogen) atoms. The van der Waals surface area contributed by atoms with Crippen molar-refractivity contribution in [2.75, 3.05) is 5.32 Å². The Balaban J connectivity index is 1.92. The Hall–Kier alpha value is -2.14. The highest BCUT2D eigenvalue weighted by molar-refractivity contribution is 6.31. The highest BCUT2D eigenvalue weighted by Crippen LogP contribution is 2.19. The number of aromatic nitrogens is 1. The molecule has 2 rings (SSSR count). The Labute approximate surface area is 120 Å². The summed E-state index contributed by atoms with van der Waals surface area (Å²) in [5.74, 6) is -0.772. The van der Waals surface area contributed by atoms with E-state index in [0.29, 0.717) is 17.9 Å². The number of amides is 1. The summed E-state index contributed by atoms with van der Waals surface area (Å²) >= 11 is 5.63. The molecule has 1 N–H and O–H groups in total. The number of carbonyl (C=O) groups is 2. The van der Waals surface area contributed by atoms with Crippen molar-refractivity contribution in [1.82, 2.24) is 4.57 Å². The molecule has 0 bridgehead atoms. The van der Waals surface area contributed by atoms with Crippen LogP contribution in [0.3, 0.4) is 0 Å². The first-order valence-electron chi connectivity index (χ1n) is 5.95. The summed E-state index contributed by atoms with van der Waals surface area (Å²) in [6, 6.07) is 7.38. The lowest BCUT2D eigenvalue weighted by Gasteiger charge is -2.07. The number of benzene rings is 1. The van der Waals surface area contributed by atoms with Gasteiger partial charge in [-0.3, -0.25) is 9.59 Å². The Bertz CT molecular complexity index is 640. The van der Waals surface area contributed by atoms with Crippen LogP contribution < -0.4 is 5.32 Å². The van der Waals surface area contributed by atoms with E-state index in [1.165, 1.54) is 18.2 Å². The quantitative estimate of drug-likeness (QED) is 0.861. The van der Waals surface area contributed by atoms with E-state index >= 15 is 0 Å². The van der Waals surface area contributed by atoms with Crippen molar-refractivity contribution in [3.8, 4) is 0 Å². The van der Waals surface area contributed by atoms with Gasteiger partial charge < -0.3 is 9.88 Å². The van der Waals surface area contributed by atoms with E-state index in [0.717, 1.165) is 6.29 Å². The highest BCUT2D eigenvalue weighted by atomic mass is 35.5. The molecule has 0 radical (unpaired) electrons. The van der Waals surface area contributed by atoms with Gasteiger partial charge >= 0.3 is 0 Å². The maximum atomic E-state index is 13.0. The van der Waals surface area contributed by atoms with E-state index < -0.39 is 5.82 Å². The standard InChI is InChI=1S/C14H12ClFN2O2/c15-12-8-10(3-4-13(12)16)17-14(20)5-7-18-6-1-2-11(18)9-19/h1-4,6,8-9H,5,7H2,(H,17,20). The molecule has 1 amide bonds. The molecule has 0 aliphatic heterocycles. The van der Waals surface area contributed by atoms with Crippen molar-refractivity contribution < 1.29 is 14.0 Å². The number of carbonyl (C=O) groups excluding carboxylic acids is 2. The minimum absolute atomic E-state index is 0.0450. The fourth-order valence-electron chi connectivity index (χ4n) is 1.76. The second-order valence-electron chi connectivity index (χ2n) is 4.17. The molecule has 0 aliphatic carbocycles. The lowest BCUT2D eigenvalue weighted by Crippen LogP contribution is -2.15. The Kier molecular flexibility index (Phi) is 4.53. The zero-order valence-electron chi connectivity index (χ0n) is 10.5. The van der Waals surface area contributed by atoms with Crippen LogP contribution in [0.4, 0.5) is 10.1 Å². The topological polar surface area (TPSA) is 51.1 Å². The van der Waals surface area contributed by atoms with Crippen LogP contribution in [0.5, 0.6) is 0 Å². The van der Waals surface area contributed by atoms with Crippen LogP contribution in [0, 0.1) is 5.82 Å². The smallest absolute Gasteiger partial charge is 0.226 e. The van der Waals surface area contributed by atoms with Crippen molar-refractivity contribution in [2.24, 2.45) is 0 Å². The summed E-state index contributed by atoms with van der Waals surface area (Å²) in [5, 5.41) is 2.57. The fourth-order valence-corrected chi connectivity index (χ4v) is 1.94. The molecule has 1 aromatic carbocycles. The van der Waals surface area contributed by atoms with Crippen LogP contribution in [-0.2, 0) is 11.3 Å². The zero-order chi connectivity index (χ0) is 14.5. The first kappa shape index (κ1) is 14.3. The van der Waals surface area contributed by atoms with Crippen molar-refractivity contribution in [3.05, 3.63) is 53.1 Å². The maximum absolute atomic E-state index is 13.0. The number of aryl methyl sites for hydroxylation is 1. The van der Waals surface area contributed by atoms with Crippen LogP contribution in [0.1, 0.15) is 16.9 Å². The van der Waals surface area contributed by atoms with Gasteiger partial charge in [-0.15, -0.1) is 0 Å². The largest absolute Gasteiger partial charge is 0.345 e. The Morgan fingerprint density at radius 2 is 2.20 bits per heavy atom. The number of hydrogen-bond donors (Lipinski definition) is 1. The van der Waals surface area contributed by atoms with Crippen LogP contribution >= 0.6 is 11.6 Å². The first-order valence-corrected chi connectivity index (χ1v) is 6.33. The summed E-state index contributed by atoms with van der Waals surface area (Å²) in [6.07, 6.45) is 2.66. The maximum Gasteiger partial charge on any atom is 0.226 e. The van der Waals surface area contributed by atoms with Crippen LogP contribution in [-0.4, -0.2) is 16.8 Å². The van der Waals surface area contributed by atoms with Crippen molar-refractivity contribution in [1.29, 1.82) is 0 Å². The fraction of sp³-hybridized carbons (Fsp3) is 0.143. The molecule has 0 saturated carbocycles. The number of nitrogens with one attached hydrogen (secondary N) is 1. The van der Waals surface area contributed by atoms with Crippen LogP contribution in [0.15, 0.2) is 36.5 Å².